The van der Waals surface area contributed by atoms with Crippen LogP contribution < -0.4 is 10.1 Å². The molecule has 1 amide bonds. The number of anilines is 1. The van der Waals surface area contributed by atoms with Crippen LogP contribution >= 0.6 is 0 Å². The van der Waals surface area contributed by atoms with Crippen molar-refractivity contribution in [3.63, 3.8) is 0 Å². The average molecular weight is 247 g/mol. The summed E-state index contributed by atoms with van der Waals surface area (Å²) in [5, 5.41) is 6.41. The number of benzene rings is 1. The summed E-state index contributed by atoms with van der Waals surface area (Å²) in [6.07, 6.45) is 0. The number of nitrogens with one attached hydrogen (secondary N) is 1. The second-order valence-corrected chi connectivity index (χ2v) is 3.74. The Labute approximate surface area is 104 Å². The van der Waals surface area contributed by atoms with Crippen LogP contribution in [0.5, 0.6) is 5.75 Å². The zero-order chi connectivity index (χ0) is 13.1. The zero-order valence-electron chi connectivity index (χ0n) is 10.4. The minimum Gasteiger partial charge on any atom is -0.495 e. The van der Waals surface area contributed by atoms with Crippen molar-refractivity contribution in [2.24, 2.45) is 0 Å². The fourth-order valence-electron chi connectivity index (χ4n) is 1.54. The standard InChI is InChI=1S/C12H13N3O3/c1-7-13-12(18-15-7)9-4-5-11(17-3)10(6-9)14-8(2)16/h4-6H,1-3H3,(H,14,16). The van der Waals surface area contributed by atoms with Gasteiger partial charge in [-0.2, -0.15) is 4.98 Å². The third-order valence-electron chi connectivity index (χ3n) is 2.28. The number of methoxy groups -OCH3 is 1. The van der Waals surface area contributed by atoms with Gasteiger partial charge >= 0.3 is 0 Å². The van der Waals surface area contributed by atoms with Crippen LogP contribution in [0.4, 0.5) is 5.69 Å². The average Bonchev–Trinajstić information content (AvgIpc) is 2.75. The maximum atomic E-state index is 11.1. The molecule has 0 fully saturated rings. The number of aromatic nitrogens is 2. The maximum Gasteiger partial charge on any atom is 0.257 e. The van der Waals surface area contributed by atoms with Crippen molar-refractivity contribution < 1.29 is 14.1 Å². The molecule has 0 atom stereocenters. The van der Waals surface area contributed by atoms with Gasteiger partial charge in [0.25, 0.3) is 5.89 Å². The summed E-state index contributed by atoms with van der Waals surface area (Å²) < 4.78 is 10.2. The van der Waals surface area contributed by atoms with E-state index < -0.39 is 0 Å². The van der Waals surface area contributed by atoms with Gasteiger partial charge in [-0.25, -0.2) is 0 Å². The predicted octanol–water partition coefficient (Wildman–Crippen LogP) is 2.01. The normalized spacial score (nSPS) is 10.2. The van der Waals surface area contributed by atoms with E-state index in [4.69, 9.17) is 9.26 Å². The van der Waals surface area contributed by atoms with E-state index >= 15 is 0 Å². The minimum absolute atomic E-state index is 0.174. The molecule has 1 N–H and O–H groups in total. The number of hydrogen-bond donors (Lipinski definition) is 1. The van der Waals surface area contributed by atoms with E-state index in [-0.39, 0.29) is 5.91 Å². The topological polar surface area (TPSA) is 77.2 Å². The number of hydrogen-bond acceptors (Lipinski definition) is 5. The molecule has 1 aromatic heterocycles. The van der Waals surface area contributed by atoms with Crippen LogP contribution in [0.2, 0.25) is 0 Å². The second-order valence-electron chi connectivity index (χ2n) is 3.74. The zero-order valence-corrected chi connectivity index (χ0v) is 10.4. The number of aryl methyl sites for hydroxylation is 1. The molecule has 18 heavy (non-hydrogen) atoms. The Bertz CT molecular complexity index is 578. The van der Waals surface area contributed by atoms with Gasteiger partial charge in [0.05, 0.1) is 12.8 Å². The lowest BCUT2D eigenvalue weighted by Gasteiger charge is -2.09. The minimum atomic E-state index is -0.174. The quantitative estimate of drug-likeness (QED) is 0.897. The molecule has 0 saturated heterocycles. The lowest BCUT2D eigenvalue weighted by molar-refractivity contribution is -0.114. The van der Waals surface area contributed by atoms with Crippen LogP contribution in [0.3, 0.4) is 0 Å². The van der Waals surface area contributed by atoms with Gasteiger partial charge in [0, 0.05) is 12.5 Å². The first-order valence-electron chi connectivity index (χ1n) is 5.36. The molecule has 94 valence electrons. The summed E-state index contributed by atoms with van der Waals surface area (Å²) in [4.78, 5) is 15.2. The largest absolute Gasteiger partial charge is 0.495 e. The number of ether oxygens (including phenoxy) is 1. The van der Waals surface area contributed by atoms with Crippen molar-refractivity contribution in [1.82, 2.24) is 10.1 Å². The first-order valence-corrected chi connectivity index (χ1v) is 5.36. The molecule has 0 bridgehead atoms. The van der Waals surface area contributed by atoms with Crippen LogP contribution in [-0.4, -0.2) is 23.2 Å². The van der Waals surface area contributed by atoms with Gasteiger partial charge in [-0.1, -0.05) is 5.16 Å². The molecule has 1 aromatic carbocycles. The van der Waals surface area contributed by atoms with Crippen molar-refractivity contribution in [2.75, 3.05) is 12.4 Å². The van der Waals surface area contributed by atoms with Gasteiger partial charge in [0.1, 0.15) is 5.75 Å². The number of carbonyl (C=O) groups is 1. The Hall–Kier alpha value is -2.37. The third-order valence-corrected chi connectivity index (χ3v) is 2.28. The van der Waals surface area contributed by atoms with Gasteiger partial charge in [-0.3, -0.25) is 4.79 Å². The highest BCUT2D eigenvalue weighted by atomic mass is 16.5. The molecular formula is C12H13N3O3. The highest BCUT2D eigenvalue weighted by Crippen LogP contribution is 2.29. The van der Waals surface area contributed by atoms with Crippen molar-refractivity contribution >= 4 is 11.6 Å². The first kappa shape index (κ1) is 12.1. The van der Waals surface area contributed by atoms with Gasteiger partial charge in [-0.15, -0.1) is 0 Å². The molecule has 1 heterocycles. The Balaban J connectivity index is 2.41. The van der Waals surface area contributed by atoms with E-state index in [2.05, 4.69) is 15.5 Å². The van der Waals surface area contributed by atoms with Crippen LogP contribution in [0.15, 0.2) is 22.7 Å². The summed E-state index contributed by atoms with van der Waals surface area (Å²) in [7, 11) is 1.54. The van der Waals surface area contributed by atoms with Crippen LogP contribution in [0.25, 0.3) is 11.5 Å². The Kier molecular flexibility index (Phi) is 3.27. The fraction of sp³-hybridized carbons (Fsp3) is 0.250. The highest BCUT2D eigenvalue weighted by Gasteiger charge is 2.11. The fourth-order valence-corrected chi connectivity index (χ4v) is 1.54. The molecule has 2 rings (SSSR count). The first-order chi connectivity index (χ1) is 8.60. The third kappa shape index (κ3) is 2.48. The van der Waals surface area contributed by atoms with Crippen molar-refractivity contribution in [3.8, 4) is 17.2 Å². The molecule has 0 spiro atoms. The summed E-state index contributed by atoms with van der Waals surface area (Å²) >= 11 is 0. The summed E-state index contributed by atoms with van der Waals surface area (Å²) in [5.41, 5.74) is 1.29. The van der Waals surface area contributed by atoms with Crippen LogP contribution in [0, 0.1) is 6.92 Å². The second kappa shape index (κ2) is 4.87. The molecule has 0 aliphatic rings. The highest BCUT2D eigenvalue weighted by molar-refractivity contribution is 5.91. The smallest absolute Gasteiger partial charge is 0.257 e. The summed E-state index contributed by atoms with van der Waals surface area (Å²) in [6.45, 7) is 3.17. The molecule has 0 unspecified atom stereocenters. The number of amides is 1. The molecule has 0 saturated carbocycles. The molecule has 0 radical (unpaired) electrons. The van der Waals surface area contributed by atoms with E-state index in [1.165, 1.54) is 14.0 Å². The van der Waals surface area contributed by atoms with Gasteiger partial charge < -0.3 is 14.6 Å². The summed E-state index contributed by atoms with van der Waals surface area (Å²) in [5.74, 6) is 1.36. The molecule has 6 nitrogen and oxygen atoms in total. The van der Waals surface area contributed by atoms with Crippen molar-refractivity contribution in [3.05, 3.63) is 24.0 Å². The number of carbonyl (C=O) groups excluding carboxylic acids is 1. The number of nitrogens with zero attached hydrogens (tertiary/aromatic N) is 2. The Morgan fingerprint density at radius 3 is 2.78 bits per heavy atom. The Morgan fingerprint density at radius 2 is 2.22 bits per heavy atom. The SMILES string of the molecule is COc1ccc(-c2nc(C)no2)cc1NC(C)=O. The van der Waals surface area contributed by atoms with E-state index in [9.17, 15) is 4.79 Å². The monoisotopic (exact) mass is 247 g/mol. The molecular weight excluding hydrogens is 234 g/mol. The van der Waals surface area contributed by atoms with Gasteiger partial charge in [-0.05, 0) is 25.1 Å². The molecule has 0 aliphatic heterocycles. The lowest BCUT2D eigenvalue weighted by Crippen LogP contribution is -2.07. The molecule has 2 aromatic rings. The van der Waals surface area contributed by atoms with Crippen molar-refractivity contribution in [1.29, 1.82) is 0 Å². The van der Waals surface area contributed by atoms with Crippen LogP contribution in [-0.2, 0) is 4.79 Å². The van der Waals surface area contributed by atoms with Gasteiger partial charge in [0.2, 0.25) is 5.91 Å². The molecule has 0 aliphatic carbocycles. The summed E-state index contributed by atoms with van der Waals surface area (Å²) in [6, 6.07) is 5.25. The lowest BCUT2D eigenvalue weighted by atomic mass is 10.2. The van der Waals surface area contributed by atoms with E-state index in [1.54, 1.807) is 25.1 Å². The Morgan fingerprint density at radius 1 is 1.44 bits per heavy atom. The number of rotatable bonds is 3. The van der Waals surface area contributed by atoms with Crippen LogP contribution in [0.1, 0.15) is 12.7 Å². The maximum absolute atomic E-state index is 11.1. The predicted molar refractivity (Wildman–Crippen MR) is 65.3 cm³/mol. The molecule has 6 heteroatoms. The van der Waals surface area contributed by atoms with E-state index in [1.807, 2.05) is 0 Å². The van der Waals surface area contributed by atoms with E-state index in [0.29, 0.717) is 23.2 Å². The van der Waals surface area contributed by atoms with Crippen molar-refractivity contribution in [2.45, 2.75) is 13.8 Å². The van der Waals surface area contributed by atoms with E-state index in [0.717, 1.165) is 5.56 Å². The van der Waals surface area contributed by atoms with Gasteiger partial charge in [0.15, 0.2) is 5.82 Å².